The van der Waals surface area contributed by atoms with Crippen molar-refractivity contribution in [2.75, 3.05) is 11.4 Å². The smallest absolute Gasteiger partial charge is 0.222 e. The van der Waals surface area contributed by atoms with Crippen molar-refractivity contribution in [2.45, 2.75) is 52.5 Å². The molecule has 2 heterocycles. The molecule has 1 aromatic heterocycles. The number of primary amides is 1. The maximum Gasteiger partial charge on any atom is 0.222 e. The number of amides is 1. The van der Waals surface area contributed by atoms with Crippen LogP contribution in [0.1, 0.15) is 44.5 Å². The van der Waals surface area contributed by atoms with Crippen LogP contribution in [-0.2, 0) is 11.2 Å². The molecule has 1 fully saturated rings. The number of hydrogen-bond donors (Lipinski definition) is 1. The number of anilines is 1. The number of hydrogen-bond acceptors (Lipinski definition) is 4. The highest BCUT2D eigenvalue weighted by molar-refractivity contribution is 6.30. The summed E-state index contributed by atoms with van der Waals surface area (Å²) in [5, 5.41) is 0.497. The van der Waals surface area contributed by atoms with Gasteiger partial charge >= 0.3 is 0 Å². The van der Waals surface area contributed by atoms with Crippen LogP contribution in [0, 0.1) is 12.8 Å². The van der Waals surface area contributed by atoms with E-state index in [4.69, 9.17) is 17.3 Å². The number of nitrogens with zero attached hydrogens (tertiary/aromatic N) is 3. The maximum absolute atomic E-state index is 11.5. The number of aryl methyl sites for hydroxylation is 1. The minimum Gasteiger partial charge on any atom is -0.369 e. The van der Waals surface area contributed by atoms with Crippen molar-refractivity contribution in [1.82, 2.24) is 9.97 Å². The molecule has 0 aliphatic carbocycles. The van der Waals surface area contributed by atoms with Crippen LogP contribution in [0.5, 0.6) is 0 Å². The molecule has 2 N–H and O–H groups in total. The number of piperidine rings is 1. The Hall–Kier alpha value is -1.36. The molecule has 2 atom stereocenters. The van der Waals surface area contributed by atoms with Gasteiger partial charge in [0.15, 0.2) is 0 Å². The summed E-state index contributed by atoms with van der Waals surface area (Å²) in [6.45, 7) is 6.76. The predicted molar refractivity (Wildman–Crippen MR) is 84.5 cm³/mol. The Kier molecular flexibility index (Phi) is 5.04. The first-order valence-corrected chi connectivity index (χ1v) is 7.90. The van der Waals surface area contributed by atoms with Crippen molar-refractivity contribution in [3.05, 3.63) is 16.5 Å². The third kappa shape index (κ3) is 3.46. The second-order valence-electron chi connectivity index (χ2n) is 5.81. The first-order valence-electron chi connectivity index (χ1n) is 7.53. The molecule has 2 unspecified atom stereocenters. The fourth-order valence-electron chi connectivity index (χ4n) is 2.77. The van der Waals surface area contributed by atoms with E-state index in [0.29, 0.717) is 17.7 Å². The van der Waals surface area contributed by atoms with Gasteiger partial charge in [0.1, 0.15) is 16.8 Å². The zero-order valence-corrected chi connectivity index (χ0v) is 13.7. The molecule has 21 heavy (non-hydrogen) atoms. The SMILES string of the molecule is CCCc1nc(Cl)c(C)c(N2CC(C(N)=O)CCC2C)n1. The minimum atomic E-state index is -0.238. The van der Waals surface area contributed by atoms with Crippen molar-refractivity contribution in [3.63, 3.8) is 0 Å². The van der Waals surface area contributed by atoms with Crippen LogP contribution in [0.3, 0.4) is 0 Å². The van der Waals surface area contributed by atoms with Crippen LogP contribution in [-0.4, -0.2) is 28.5 Å². The normalized spacial score (nSPS) is 22.4. The van der Waals surface area contributed by atoms with Crippen LogP contribution < -0.4 is 10.6 Å². The fraction of sp³-hybridized carbons (Fsp3) is 0.667. The van der Waals surface area contributed by atoms with E-state index >= 15 is 0 Å². The number of carbonyl (C=O) groups excluding carboxylic acids is 1. The van der Waals surface area contributed by atoms with Crippen molar-refractivity contribution < 1.29 is 4.79 Å². The summed E-state index contributed by atoms with van der Waals surface area (Å²) in [5.41, 5.74) is 6.34. The van der Waals surface area contributed by atoms with Crippen molar-refractivity contribution in [1.29, 1.82) is 0 Å². The summed E-state index contributed by atoms with van der Waals surface area (Å²) >= 11 is 6.25. The van der Waals surface area contributed by atoms with Gasteiger partial charge in [-0.3, -0.25) is 4.79 Å². The molecule has 6 heteroatoms. The molecule has 116 valence electrons. The van der Waals surface area contributed by atoms with E-state index in [0.717, 1.165) is 42.9 Å². The lowest BCUT2D eigenvalue weighted by Gasteiger charge is -2.38. The molecule has 1 aliphatic rings. The summed E-state index contributed by atoms with van der Waals surface area (Å²) in [5.74, 6) is 1.25. The standard InChI is InChI=1S/C15H23ClN4O/c1-4-5-12-18-13(16)10(3)15(19-12)20-8-11(14(17)21)7-6-9(20)2/h9,11H,4-8H2,1-3H3,(H2,17,21). The average molecular weight is 311 g/mol. The van der Waals surface area contributed by atoms with Gasteiger partial charge in [-0.15, -0.1) is 0 Å². The molecule has 1 saturated heterocycles. The molecule has 0 radical (unpaired) electrons. The largest absolute Gasteiger partial charge is 0.369 e. The Morgan fingerprint density at radius 3 is 2.76 bits per heavy atom. The molecule has 1 aliphatic heterocycles. The van der Waals surface area contributed by atoms with Crippen LogP contribution >= 0.6 is 11.6 Å². The fourth-order valence-corrected chi connectivity index (χ4v) is 2.95. The Morgan fingerprint density at radius 2 is 2.14 bits per heavy atom. The Morgan fingerprint density at radius 1 is 1.43 bits per heavy atom. The quantitative estimate of drug-likeness (QED) is 0.867. The van der Waals surface area contributed by atoms with E-state index in [-0.39, 0.29) is 11.8 Å². The first kappa shape index (κ1) is 16.0. The molecule has 5 nitrogen and oxygen atoms in total. The van der Waals surface area contributed by atoms with Crippen LogP contribution in [0.25, 0.3) is 0 Å². The number of nitrogens with two attached hydrogens (primary N) is 1. The molecule has 0 saturated carbocycles. The Labute approximate surface area is 130 Å². The topological polar surface area (TPSA) is 72.1 Å². The Balaban J connectivity index is 2.36. The number of halogens is 1. The molecule has 0 bridgehead atoms. The lowest BCUT2D eigenvalue weighted by molar-refractivity contribution is -0.122. The summed E-state index contributed by atoms with van der Waals surface area (Å²) in [6, 6.07) is 0.319. The molecule has 1 amide bonds. The molecular formula is C15H23ClN4O. The molecular weight excluding hydrogens is 288 g/mol. The lowest BCUT2D eigenvalue weighted by Crippen LogP contribution is -2.46. The van der Waals surface area contributed by atoms with E-state index < -0.39 is 0 Å². The predicted octanol–water partition coefficient (Wildman–Crippen LogP) is 2.48. The lowest BCUT2D eigenvalue weighted by atomic mass is 9.92. The second-order valence-corrected chi connectivity index (χ2v) is 6.17. The van der Waals surface area contributed by atoms with Gasteiger partial charge in [-0.1, -0.05) is 18.5 Å². The number of carbonyl (C=O) groups is 1. The van der Waals surface area contributed by atoms with E-state index in [1.807, 2.05) is 6.92 Å². The molecule has 2 rings (SSSR count). The van der Waals surface area contributed by atoms with Crippen molar-refractivity contribution in [2.24, 2.45) is 11.7 Å². The number of rotatable bonds is 4. The van der Waals surface area contributed by atoms with Crippen molar-refractivity contribution >= 4 is 23.3 Å². The van der Waals surface area contributed by atoms with E-state index in [1.165, 1.54) is 0 Å². The highest BCUT2D eigenvalue weighted by Crippen LogP contribution is 2.31. The van der Waals surface area contributed by atoms with E-state index in [2.05, 4.69) is 28.7 Å². The third-order valence-corrected chi connectivity index (χ3v) is 4.51. The summed E-state index contributed by atoms with van der Waals surface area (Å²) in [7, 11) is 0. The molecule has 1 aromatic rings. The van der Waals surface area contributed by atoms with Gasteiger partial charge in [-0.25, -0.2) is 9.97 Å². The van der Waals surface area contributed by atoms with Crippen LogP contribution in [0.15, 0.2) is 0 Å². The molecule has 0 aromatic carbocycles. The van der Waals surface area contributed by atoms with Gasteiger partial charge in [-0.05, 0) is 33.1 Å². The van der Waals surface area contributed by atoms with Crippen LogP contribution in [0.4, 0.5) is 5.82 Å². The van der Waals surface area contributed by atoms with Gasteiger partial charge in [0.2, 0.25) is 5.91 Å². The van der Waals surface area contributed by atoms with Gasteiger partial charge < -0.3 is 10.6 Å². The summed E-state index contributed by atoms with van der Waals surface area (Å²) < 4.78 is 0. The average Bonchev–Trinajstić information content (AvgIpc) is 2.43. The Bertz CT molecular complexity index is 535. The van der Waals surface area contributed by atoms with Gasteiger partial charge in [0.05, 0.1) is 5.92 Å². The van der Waals surface area contributed by atoms with Gasteiger partial charge in [0, 0.05) is 24.6 Å². The van der Waals surface area contributed by atoms with E-state index in [9.17, 15) is 4.79 Å². The summed E-state index contributed by atoms with van der Waals surface area (Å²) in [6.07, 6.45) is 3.54. The van der Waals surface area contributed by atoms with Crippen LogP contribution in [0.2, 0.25) is 5.15 Å². The zero-order chi connectivity index (χ0) is 15.6. The maximum atomic E-state index is 11.5. The third-order valence-electron chi connectivity index (χ3n) is 4.14. The van der Waals surface area contributed by atoms with Gasteiger partial charge in [0.25, 0.3) is 0 Å². The highest BCUT2D eigenvalue weighted by atomic mass is 35.5. The second kappa shape index (κ2) is 6.60. The van der Waals surface area contributed by atoms with Crippen molar-refractivity contribution in [3.8, 4) is 0 Å². The monoisotopic (exact) mass is 310 g/mol. The first-order chi connectivity index (χ1) is 9.93. The highest BCUT2D eigenvalue weighted by Gasteiger charge is 2.31. The number of aromatic nitrogens is 2. The van der Waals surface area contributed by atoms with E-state index in [1.54, 1.807) is 0 Å². The molecule has 0 spiro atoms. The van der Waals surface area contributed by atoms with Gasteiger partial charge in [-0.2, -0.15) is 0 Å². The summed E-state index contributed by atoms with van der Waals surface area (Å²) in [4.78, 5) is 22.7. The zero-order valence-electron chi connectivity index (χ0n) is 12.9. The minimum absolute atomic E-state index is 0.121.